The van der Waals surface area contributed by atoms with Crippen LogP contribution in [0.15, 0.2) is 66.7 Å². The van der Waals surface area contributed by atoms with E-state index in [1.165, 1.54) is 0 Å². The number of ketones is 1. The second kappa shape index (κ2) is 5.51. The average Bonchev–Trinajstić information content (AvgIpc) is 2.81. The predicted octanol–water partition coefficient (Wildman–Crippen LogP) is 4.04. The van der Waals surface area contributed by atoms with Gasteiger partial charge in [0, 0.05) is 10.7 Å². The Morgan fingerprint density at radius 2 is 1.80 bits per heavy atom. The lowest BCUT2D eigenvalue weighted by Gasteiger charge is -2.21. The van der Waals surface area contributed by atoms with Gasteiger partial charge in [-0.15, -0.1) is 0 Å². The van der Waals surface area contributed by atoms with Gasteiger partial charge in [0.15, 0.2) is 5.78 Å². The van der Waals surface area contributed by atoms with E-state index in [2.05, 4.69) is 5.32 Å². The molecule has 20 heavy (non-hydrogen) atoms. The first kappa shape index (κ1) is 12.9. The Kier molecular flexibility index (Phi) is 3.57. The van der Waals surface area contributed by atoms with Crippen molar-refractivity contribution in [2.75, 3.05) is 5.32 Å². The fraction of sp³-hybridized carbons (Fsp3) is 0.118. The van der Waals surface area contributed by atoms with Crippen LogP contribution in [0.2, 0.25) is 5.02 Å². The van der Waals surface area contributed by atoms with Gasteiger partial charge in [-0.3, -0.25) is 4.79 Å². The lowest BCUT2D eigenvalue weighted by atomic mass is 9.92. The van der Waals surface area contributed by atoms with Gasteiger partial charge in [-0.1, -0.05) is 54.1 Å². The molecule has 100 valence electrons. The molecule has 0 aromatic heterocycles. The van der Waals surface area contributed by atoms with E-state index in [9.17, 15) is 4.79 Å². The first-order chi connectivity index (χ1) is 9.74. The molecule has 3 heteroatoms. The molecule has 2 aromatic rings. The molecule has 0 amide bonds. The highest BCUT2D eigenvalue weighted by atomic mass is 35.5. The number of carbonyl (C=O) groups is 1. The SMILES string of the molecule is O=C1C=C[C@H](Nc2cccc(Cl)c2)[C@H]1c1ccccc1. The second-order valence-corrected chi connectivity index (χ2v) is 5.27. The molecule has 0 saturated heterocycles. The van der Waals surface area contributed by atoms with Gasteiger partial charge >= 0.3 is 0 Å². The Balaban J connectivity index is 1.85. The van der Waals surface area contributed by atoms with Crippen LogP contribution in [0.5, 0.6) is 0 Å². The summed E-state index contributed by atoms with van der Waals surface area (Å²) < 4.78 is 0. The Morgan fingerprint density at radius 3 is 2.55 bits per heavy atom. The first-order valence-corrected chi connectivity index (χ1v) is 6.91. The molecule has 0 unspecified atom stereocenters. The summed E-state index contributed by atoms with van der Waals surface area (Å²) in [5.41, 5.74) is 1.95. The van der Waals surface area contributed by atoms with Crippen LogP contribution < -0.4 is 5.32 Å². The molecule has 3 rings (SSSR count). The van der Waals surface area contributed by atoms with Crippen molar-refractivity contribution in [1.29, 1.82) is 0 Å². The van der Waals surface area contributed by atoms with E-state index < -0.39 is 0 Å². The number of anilines is 1. The zero-order chi connectivity index (χ0) is 13.9. The molecule has 1 N–H and O–H groups in total. The van der Waals surface area contributed by atoms with Crippen LogP contribution in [0.25, 0.3) is 0 Å². The minimum Gasteiger partial charge on any atom is -0.378 e. The highest BCUT2D eigenvalue weighted by molar-refractivity contribution is 6.30. The molecular formula is C17H14ClNO. The summed E-state index contributed by atoms with van der Waals surface area (Å²) in [7, 11) is 0. The molecule has 0 bridgehead atoms. The van der Waals surface area contributed by atoms with Crippen LogP contribution in [0, 0.1) is 0 Å². The average molecular weight is 284 g/mol. The minimum atomic E-state index is -0.171. The third-order valence-electron chi connectivity index (χ3n) is 3.45. The number of carbonyl (C=O) groups excluding carboxylic acids is 1. The zero-order valence-electron chi connectivity index (χ0n) is 10.8. The van der Waals surface area contributed by atoms with E-state index in [1.54, 1.807) is 6.08 Å². The van der Waals surface area contributed by atoms with Crippen LogP contribution in [-0.2, 0) is 4.79 Å². The van der Waals surface area contributed by atoms with Crippen molar-refractivity contribution in [3.63, 3.8) is 0 Å². The summed E-state index contributed by atoms with van der Waals surface area (Å²) in [6.45, 7) is 0. The highest BCUT2D eigenvalue weighted by Gasteiger charge is 2.31. The molecule has 0 radical (unpaired) electrons. The van der Waals surface area contributed by atoms with Gasteiger partial charge in [0.25, 0.3) is 0 Å². The zero-order valence-corrected chi connectivity index (χ0v) is 11.5. The molecule has 2 atom stereocenters. The number of benzene rings is 2. The number of hydrogen-bond acceptors (Lipinski definition) is 2. The van der Waals surface area contributed by atoms with Crippen molar-refractivity contribution in [2.24, 2.45) is 0 Å². The summed E-state index contributed by atoms with van der Waals surface area (Å²) in [6.07, 6.45) is 3.57. The second-order valence-electron chi connectivity index (χ2n) is 4.83. The summed E-state index contributed by atoms with van der Waals surface area (Å²) in [5.74, 6) is -0.0362. The predicted molar refractivity (Wildman–Crippen MR) is 82.2 cm³/mol. The van der Waals surface area contributed by atoms with E-state index in [0.717, 1.165) is 11.3 Å². The maximum atomic E-state index is 12.1. The van der Waals surface area contributed by atoms with Gasteiger partial charge in [0.1, 0.15) is 0 Å². The van der Waals surface area contributed by atoms with Crippen molar-refractivity contribution in [2.45, 2.75) is 12.0 Å². The van der Waals surface area contributed by atoms with Gasteiger partial charge in [0.2, 0.25) is 0 Å². The quantitative estimate of drug-likeness (QED) is 0.921. The number of halogens is 1. The number of allylic oxidation sites excluding steroid dienone is 1. The molecule has 0 aliphatic heterocycles. The molecule has 0 fully saturated rings. The molecule has 0 heterocycles. The number of nitrogens with one attached hydrogen (secondary N) is 1. The van der Waals surface area contributed by atoms with Gasteiger partial charge < -0.3 is 5.32 Å². The Hall–Kier alpha value is -2.06. The van der Waals surface area contributed by atoms with E-state index >= 15 is 0 Å². The van der Waals surface area contributed by atoms with Crippen LogP contribution in [-0.4, -0.2) is 11.8 Å². The maximum Gasteiger partial charge on any atom is 0.165 e. The summed E-state index contributed by atoms with van der Waals surface area (Å²) in [4.78, 5) is 12.1. The maximum absolute atomic E-state index is 12.1. The van der Waals surface area contributed by atoms with Crippen molar-refractivity contribution >= 4 is 23.1 Å². The standard InChI is InChI=1S/C17H14ClNO/c18-13-7-4-8-14(11-13)19-15-9-10-16(20)17(15)12-5-2-1-3-6-12/h1-11,15,17,19H/t15-,17+/m0/s1. The van der Waals surface area contributed by atoms with Gasteiger partial charge in [0.05, 0.1) is 12.0 Å². The van der Waals surface area contributed by atoms with Crippen molar-refractivity contribution in [1.82, 2.24) is 0 Å². The summed E-state index contributed by atoms with van der Waals surface area (Å²) >= 11 is 5.99. The topological polar surface area (TPSA) is 29.1 Å². The van der Waals surface area contributed by atoms with Crippen molar-refractivity contribution in [3.8, 4) is 0 Å². The fourth-order valence-corrected chi connectivity index (χ4v) is 2.71. The van der Waals surface area contributed by atoms with Crippen LogP contribution in [0.4, 0.5) is 5.69 Å². The molecule has 1 aliphatic rings. The van der Waals surface area contributed by atoms with E-state index in [0.29, 0.717) is 5.02 Å². The monoisotopic (exact) mass is 283 g/mol. The largest absolute Gasteiger partial charge is 0.378 e. The van der Waals surface area contributed by atoms with Gasteiger partial charge in [-0.05, 0) is 29.8 Å². The number of hydrogen-bond donors (Lipinski definition) is 1. The molecule has 2 nitrogen and oxygen atoms in total. The van der Waals surface area contributed by atoms with Crippen molar-refractivity contribution in [3.05, 3.63) is 77.3 Å². The lowest BCUT2D eigenvalue weighted by molar-refractivity contribution is -0.115. The van der Waals surface area contributed by atoms with Crippen molar-refractivity contribution < 1.29 is 4.79 Å². The fourth-order valence-electron chi connectivity index (χ4n) is 2.52. The smallest absolute Gasteiger partial charge is 0.165 e. The van der Waals surface area contributed by atoms with Crippen LogP contribution in [0.1, 0.15) is 11.5 Å². The van der Waals surface area contributed by atoms with E-state index in [-0.39, 0.29) is 17.7 Å². The lowest BCUT2D eigenvalue weighted by Crippen LogP contribution is -2.25. The Bertz CT molecular complexity index is 651. The highest BCUT2D eigenvalue weighted by Crippen LogP contribution is 2.30. The van der Waals surface area contributed by atoms with E-state index in [4.69, 9.17) is 11.6 Å². The Morgan fingerprint density at radius 1 is 1.00 bits per heavy atom. The van der Waals surface area contributed by atoms with Gasteiger partial charge in [-0.25, -0.2) is 0 Å². The Labute approximate surface area is 123 Å². The molecular weight excluding hydrogens is 270 g/mol. The molecule has 0 saturated carbocycles. The third kappa shape index (κ3) is 2.61. The molecule has 1 aliphatic carbocycles. The van der Waals surface area contributed by atoms with Crippen LogP contribution in [0.3, 0.4) is 0 Å². The summed E-state index contributed by atoms with van der Waals surface area (Å²) in [5, 5.41) is 4.05. The first-order valence-electron chi connectivity index (χ1n) is 6.53. The van der Waals surface area contributed by atoms with Crippen LogP contribution >= 0.6 is 11.6 Å². The minimum absolute atomic E-state index is 0.0385. The normalized spacial score (nSPS) is 21.1. The third-order valence-corrected chi connectivity index (χ3v) is 3.69. The summed E-state index contributed by atoms with van der Waals surface area (Å²) in [6, 6.07) is 17.3. The molecule has 0 spiro atoms. The van der Waals surface area contributed by atoms with E-state index in [1.807, 2.05) is 60.7 Å². The molecule has 2 aromatic carbocycles. The number of rotatable bonds is 3. The van der Waals surface area contributed by atoms with Gasteiger partial charge in [-0.2, -0.15) is 0 Å².